The maximum absolute atomic E-state index is 9.40. The molecule has 0 saturated heterocycles. The lowest BCUT2D eigenvalue weighted by molar-refractivity contribution is 0.0887. The van der Waals surface area contributed by atoms with E-state index in [0.29, 0.717) is 19.1 Å². The molecule has 1 atom stereocenters. The summed E-state index contributed by atoms with van der Waals surface area (Å²) in [5.74, 6) is 0. The van der Waals surface area contributed by atoms with Crippen molar-refractivity contribution in [2.75, 3.05) is 33.4 Å². The molecule has 3 N–H and O–H groups in total. The van der Waals surface area contributed by atoms with Gasteiger partial charge in [-0.2, -0.15) is 0 Å². The van der Waals surface area contributed by atoms with Crippen molar-refractivity contribution in [2.24, 2.45) is 5.73 Å². The van der Waals surface area contributed by atoms with Gasteiger partial charge in [0.2, 0.25) is 0 Å². The molecule has 1 unspecified atom stereocenters. The highest BCUT2D eigenvalue weighted by molar-refractivity contribution is 4.85. The average Bonchev–Trinajstić information content (AvgIpc) is 2.94. The minimum Gasteiger partial charge on any atom is -0.390 e. The van der Waals surface area contributed by atoms with E-state index in [1.165, 1.54) is 12.8 Å². The quantitative estimate of drug-likeness (QED) is 0.561. The third kappa shape index (κ3) is 4.04. The second kappa shape index (κ2) is 5.54. The molecule has 0 spiro atoms. The number of rotatable bonds is 7. The van der Waals surface area contributed by atoms with Crippen LogP contribution in [0.2, 0.25) is 0 Å². The number of ether oxygens (including phenoxy) is 1. The van der Waals surface area contributed by atoms with Crippen molar-refractivity contribution in [1.82, 2.24) is 4.90 Å². The van der Waals surface area contributed by atoms with Gasteiger partial charge in [-0.25, -0.2) is 0 Å². The second-order valence-corrected chi connectivity index (χ2v) is 3.61. The number of nitrogens with two attached hydrogens (primary N) is 1. The first kappa shape index (κ1) is 10.9. The molecule has 0 aliphatic heterocycles. The van der Waals surface area contributed by atoms with Crippen LogP contribution in [0.15, 0.2) is 0 Å². The van der Waals surface area contributed by atoms with Crippen molar-refractivity contribution < 1.29 is 9.84 Å². The minimum absolute atomic E-state index is 0.343. The van der Waals surface area contributed by atoms with E-state index in [1.54, 1.807) is 7.11 Å². The molecule has 0 heterocycles. The Hall–Kier alpha value is -0.160. The number of nitrogens with zero attached hydrogens (tertiary/aromatic N) is 1. The molecule has 78 valence electrons. The van der Waals surface area contributed by atoms with Crippen molar-refractivity contribution in [3.63, 3.8) is 0 Å². The van der Waals surface area contributed by atoms with E-state index in [4.69, 9.17) is 10.5 Å². The summed E-state index contributed by atoms with van der Waals surface area (Å²) in [6.07, 6.45) is 2.11. The molecule has 4 heteroatoms. The Morgan fingerprint density at radius 1 is 1.62 bits per heavy atom. The summed E-state index contributed by atoms with van der Waals surface area (Å²) in [5.41, 5.74) is 5.36. The first-order valence-corrected chi connectivity index (χ1v) is 4.89. The number of hydrogen-bond acceptors (Lipinski definition) is 4. The molecule has 0 aromatic rings. The highest BCUT2D eigenvalue weighted by Gasteiger charge is 2.29. The van der Waals surface area contributed by atoms with Crippen LogP contribution in [0, 0.1) is 0 Å². The Morgan fingerprint density at radius 2 is 2.31 bits per heavy atom. The zero-order valence-corrected chi connectivity index (χ0v) is 8.28. The van der Waals surface area contributed by atoms with Gasteiger partial charge < -0.3 is 15.6 Å². The number of hydrogen-bond donors (Lipinski definition) is 2. The maximum atomic E-state index is 9.40. The SMILES string of the molecule is COCCN(CC(O)CN)C1CC1. The molecule has 4 nitrogen and oxygen atoms in total. The van der Waals surface area contributed by atoms with Crippen LogP contribution in [0.5, 0.6) is 0 Å². The maximum Gasteiger partial charge on any atom is 0.0789 e. The van der Waals surface area contributed by atoms with Crippen LogP contribution in [0.4, 0.5) is 0 Å². The van der Waals surface area contributed by atoms with Crippen LogP contribution < -0.4 is 5.73 Å². The predicted octanol–water partition coefficient (Wildman–Crippen LogP) is -0.583. The fraction of sp³-hybridized carbons (Fsp3) is 1.00. The van der Waals surface area contributed by atoms with Crippen molar-refractivity contribution in [1.29, 1.82) is 0 Å². The highest BCUT2D eigenvalue weighted by Crippen LogP contribution is 2.26. The Kier molecular flexibility index (Phi) is 4.66. The van der Waals surface area contributed by atoms with Gasteiger partial charge in [0.1, 0.15) is 0 Å². The van der Waals surface area contributed by atoms with Crippen LogP contribution in [-0.4, -0.2) is 55.5 Å². The lowest BCUT2D eigenvalue weighted by Gasteiger charge is -2.23. The number of methoxy groups -OCH3 is 1. The largest absolute Gasteiger partial charge is 0.390 e. The standard InChI is InChI=1S/C9H20N2O2/c1-13-5-4-11(8-2-3-8)7-9(12)6-10/h8-9,12H,2-7,10H2,1H3. The van der Waals surface area contributed by atoms with E-state index in [2.05, 4.69) is 4.90 Å². The molecule has 0 aromatic carbocycles. The lowest BCUT2D eigenvalue weighted by Crippen LogP contribution is -2.39. The summed E-state index contributed by atoms with van der Waals surface area (Å²) >= 11 is 0. The molecule has 0 amide bonds. The Labute approximate surface area is 79.7 Å². The Bertz CT molecular complexity index is 140. The second-order valence-electron chi connectivity index (χ2n) is 3.61. The van der Waals surface area contributed by atoms with Gasteiger partial charge in [0.05, 0.1) is 12.7 Å². The zero-order valence-electron chi connectivity index (χ0n) is 8.28. The van der Waals surface area contributed by atoms with E-state index in [1.807, 2.05) is 0 Å². The van der Waals surface area contributed by atoms with Gasteiger partial charge in [0.15, 0.2) is 0 Å². The molecule has 13 heavy (non-hydrogen) atoms. The first-order valence-electron chi connectivity index (χ1n) is 4.89. The lowest BCUT2D eigenvalue weighted by atomic mass is 10.3. The molecule has 1 aliphatic carbocycles. The summed E-state index contributed by atoms with van der Waals surface area (Å²) in [7, 11) is 1.70. The van der Waals surface area contributed by atoms with E-state index < -0.39 is 6.10 Å². The Balaban J connectivity index is 2.20. The third-order valence-electron chi connectivity index (χ3n) is 2.36. The number of aliphatic hydroxyl groups is 1. The summed E-state index contributed by atoms with van der Waals surface area (Å²) in [4.78, 5) is 2.26. The molecule has 1 saturated carbocycles. The van der Waals surface area contributed by atoms with E-state index in [9.17, 15) is 5.11 Å². The minimum atomic E-state index is -0.391. The summed E-state index contributed by atoms with van der Waals surface area (Å²) in [5, 5.41) is 9.40. The normalized spacial score (nSPS) is 19.4. The molecule has 0 radical (unpaired) electrons. The third-order valence-corrected chi connectivity index (χ3v) is 2.36. The molecular formula is C9H20N2O2. The van der Waals surface area contributed by atoms with Crippen molar-refractivity contribution >= 4 is 0 Å². The van der Waals surface area contributed by atoms with Crippen molar-refractivity contribution in [2.45, 2.75) is 25.0 Å². The van der Waals surface area contributed by atoms with E-state index in [-0.39, 0.29) is 0 Å². The van der Waals surface area contributed by atoms with Crippen LogP contribution in [-0.2, 0) is 4.74 Å². The molecular weight excluding hydrogens is 168 g/mol. The van der Waals surface area contributed by atoms with Gasteiger partial charge in [-0.15, -0.1) is 0 Å². The topological polar surface area (TPSA) is 58.7 Å². The van der Waals surface area contributed by atoms with Gasteiger partial charge in [0.25, 0.3) is 0 Å². The monoisotopic (exact) mass is 188 g/mol. The summed E-state index contributed by atoms with van der Waals surface area (Å²) in [6, 6.07) is 0.663. The van der Waals surface area contributed by atoms with Crippen molar-refractivity contribution in [3.05, 3.63) is 0 Å². The van der Waals surface area contributed by atoms with Gasteiger partial charge in [-0.05, 0) is 12.8 Å². The average molecular weight is 188 g/mol. The molecule has 0 bridgehead atoms. The van der Waals surface area contributed by atoms with Crippen molar-refractivity contribution in [3.8, 4) is 0 Å². The van der Waals surface area contributed by atoms with Gasteiger partial charge in [-0.3, -0.25) is 4.90 Å². The summed E-state index contributed by atoms with van der Waals surface area (Å²) in [6.45, 7) is 2.66. The van der Waals surface area contributed by atoms with Gasteiger partial charge in [-0.1, -0.05) is 0 Å². The molecule has 1 fully saturated rings. The van der Waals surface area contributed by atoms with Crippen LogP contribution in [0.25, 0.3) is 0 Å². The molecule has 0 aromatic heterocycles. The molecule has 1 rings (SSSR count). The Morgan fingerprint density at radius 3 is 2.77 bits per heavy atom. The van der Waals surface area contributed by atoms with Crippen LogP contribution in [0.3, 0.4) is 0 Å². The number of aliphatic hydroxyl groups excluding tert-OH is 1. The first-order chi connectivity index (χ1) is 6.27. The van der Waals surface area contributed by atoms with Crippen LogP contribution >= 0.6 is 0 Å². The van der Waals surface area contributed by atoms with E-state index in [0.717, 1.165) is 13.2 Å². The predicted molar refractivity (Wildman–Crippen MR) is 51.5 cm³/mol. The summed E-state index contributed by atoms with van der Waals surface area (Å²) < 4.78 is 5.01. The zero-order chi connectivity index (χ0) is 9.68. The smallest absolute Gasteiger partial charge is 0.0789 e. The fourth-order valence-electron chi connectivity index (χ4n) is 1.42. The fourth-order valence-corrected chi connectivity index (χ4v) is 1.42. The molecule has 1 aliphatic rings. The van der Waals surface area contributed by atoms with Gasteiger partial charge >= 0.3 is 0 Å². The highest BCUT2D eigenvalue weighted by atomic mass is 16.5. The van der Waals surface area contributed by atoms with Gasteiger partial charge in [0, 0.05) is 32.8 Å². The van der Waals surface area contributed by atoms with E-state index >= 15 is 0 Å². The van der Waals surface area contributed by atoms with Crippen LogP contribution in [0.1, 0.15) is 12.8 Å².